The fraction of sp³-hybridized carbons (Fsp3) is 0.133. The van der Waals surface area contributed by atoms with E-state index in [0.29, 0.717) is 5.56 Å². The van der Waals surface area contributed by atoms with Crippen LogP contribution < -0.4 is 4.90 Å². The summed E-state index contributed by atoms with van der Waals surface area (Å²) in [4.78, 5) is 12.7. The standard InChI is InChI=1S/C15H15NO/c1-16(2)15-5-3-4-14(10-15)13-8-6-12(11-17)7-9-13/h3-11H,1-2H3. The molecule has 0 radical (unpaired) electrons. The molecule has 86 valence electrons. The minimum atomic E-state index is 0.706. The van der Waals surface area contributed by atoms with E-state index in [-0.39, 0.29) is 0 Å². The van der Waals surface area contributed by atoms with E-state index in [0.717, 1.165) is 17.4 Å². The molecule has 0 aliphatic carbocycles. The van der Waals surface area contributed by atoms with Gasteiger partial charge in [-0.25, -0.2) is 0 Å². The Balaban J connectivity index is 2.38. The maximum atomic E-state index is 10.6. The molecule has 2 nitrogen and oxygen atoms in total. The van der Waals surface area contributed by atoms with E-state index in [1.54, 1.807) is 0 Å². The number of benzene rings is 2. The van der Waals surface area contributed by atoms with Gasteiger partial charge in [-0.15, -0.1) is 0 Å². The molecule has 0 fully saturated rings. The number of anilines is 1. The van der Waals surface area contributed by atoms with Crippen molar-refractivity contribution in [1.82, 2.24) is 0 Å². The van der Waals surface area contributed by atoms with Gasteiger partial charge >= 0.3 is 0 Å². The lowest BCUT2D eigenvalue weighted by molar-refractivity contribution is 0.112. The second-order valence-corrected chi connectivity index (χ2v) is 4.18. The number of nitrogens with zero attached hydrogens (tertiary/aromatic N) is 1. The molecule has 0 amide bonds. The van der Waals surface area contributed by atoms with Crippen molar-refractivity contribution in [3.63, 3.8) is 0 Å². The maximum absolute atomic E-state index is 10.6. The zero-order valence-electron chi connectivity index (χ0n) is 10.1. The molecule has 17 heavy (non-hydrogen) atoms. The van der Waals surface area contributed by atoms with Gasteiger partial charge in [-0.05, 0) is 23.3 Å². The summed E-state index contributed by atoms with van der Waals surface area (Å²) in [6.07, 6.45) is 0.861. The zero-order chi connectivity index (χ0) is 12.3. The van der Waals surface area contributed by atoms with Gasteiger partial charge in [0.05, 0.1) is 0 Å². The molecule has 2 heteroatoms. The van der Waals surface area contributed by atoms with Gasteiger partial charge in [0.25, 0.3) is 0 Å². The first-order chi connectivity index (χ1) is 8.20. The number of hydrogen-bond acceptors (Lipinski definition) is 2. The van der Waals surface area contributed by atoms with Crippen LogP contribution in [0.3, 0.4) is 0 Å². The summed E-state index contributed by atoms with van der Waals surface area (Å²) in [6, 6.07) is 15.9. The summed E-state index contributed by atoms with van der Waals surface area (Å²) in [7, 11) is 4.04. The largest absolute Gasteiger partial charge is 0.378 e. The molecule has 0 aromatic heterocycles. The third-order valence-corrected chi connectivity index (χ3v) is 2.74. The van der Waals surface area contributed by atoms with Crippen LogP contribution in [0.25, 0.3) is 11.1 Å². The zero-order valence-corrected chi connectivity index (χ0v) is 10.1. The summed E-state index contributed by atoms with van der Waals surface area (Å²) >= 11 is 0. The van der Waals surface area contributed by atoms with Crippen LogP contribution in [0.4, 0.5) is 5.69 Å². The van der Waals surface area contributed by atoms with Crippen molar-refractivity contribution in [2.45, 2.75) is 0 Å². The van der Waals surface area contributed by atoms with Gasteiger partial charge in [-0.1, -0.05) is 36.4 Å². The van der Waals surface area contributed by atoms with Crippen LogP contribution >= 0.6 is 0 Å². The molecular formula is C15H15NO. The summed E-state index contributed by atoms with van der Waals surface area (Å²) in [6.45, 7) is 0. The third-order valence-electron chi connectivity index (χ3n) is 2.74. The molecule has 0 saturated heterocycles. The fourth-order valence-corrected chi connectivity index (χ4v) is 1.72. The highest BCUT2D eigenvalue weighted by Crippen LogP contribution is 2.23. The Bertz CT molecular complexity index is 515. The molecule has 2 rings (SSSR count). The average molecular weight is 225 g/mol. The first-order valence-corrected chi connectivity index (χ1v) is 5.54. The van der Waals surface area contributed by atoms with Crippen molar-refractivity contribution in [3.8, 4) is 11.1 Å². The number of carbonyl (C=O) groups excluding carboxylic acids is 1. The Kier molecular flexibility index (Phi) is 3.24. The van der Waals surface area contributed by atoms with Gasteiger partial charge in [0.15, 0.2) is 0 Å². The summed E-state index contributed by atoms with van der Waals surface area (Å²) in [5.41, 5.74) is 4.16. The Hall–Kier alpha value is -2.09. The molecule has 0 atom stereocenters. The SMILES string of the molecule is CN(C)c1cccc(-c2ccc(C=O)cc2)c1. The number of rotatable bonds is 3. The molecule has 0 spiro atoms. The molecule has 0 aliphatic rings. The molecule has 0 unspecified atom stereocenters. The quantitative estimate of drug-likeness (QED) is 0.747. The van der Waals surface area contributed by atoms with E-state index in [1.807, 2.05) is 44.4 Å². The van der Waals surface area contributed by atoms with E-state index in [4.69, 9.17) is 0 Å². The van der Waals surface area contributed by atoms with Crippen LogP contribution in [-0.2, 0) is 0 Å². The van der Waals surface area contributed by atoms with Crippen molar-refractivity contribution in [3.05, 3.63) is 54.1 Å². The van der Waals surface area contributed by atoms with E-state index < -0.39 is 0 Å². The minimum absolute atomic E-state index is 0.706. The molecule has 0 aliphatic heterocycles. The average Bonchev–Trinajstić information content (AvgIpc) is 2.39. The summed E-state index contributed by atoms with van der Waals surface area (Å²) in [5.74, 6) is 0. The molecule has 0 saturated carbocycles. The highest BCUT2D eigenvalue weighted by Gasteiger charge is 2.00. The van der Waals surface area contributed by atoms with Gasteiger partial charge in [-0.2, -0.15) is 0 Å². The Morgan fingerprint density at radius 3 is 2.24 bits per heavy atom. The van der Waals surface area contributed by atoms with Crippen molar-refractivity contribution >= 4 is 12.0 Å². The maximum Gasteiger partial charge on any atom is 0.150 e. The van der Waals surface area contributed by atoms with Gasteiger partial charge in [-0.3, -0.25) is 4.79 Å². The van der Waals surface area contributed by atoms with Crippen LogP contribution in [0.15, 0.2) is 48.5 Å². The van der Waals surface area contributed by atoms with Crippen LogP contribution in [0.5, 0.6) is 0 Å². The van der Waals surface area contributed by atoms with Crippen LogP contribution in [0.2, 0.25) is 0 Å². The summed E-state index contributed by atoms with van der Waals surface area (Å²) in [5, 5.41) is 0. The molecule has 0 N–H and O–H groups in total. The minimum Gasteiger partial charge on any atom is -0.378 e. The molecule has 0 heterocycles. The lowest BCUT2D eigenvalue weighted by Crippen LogP contribution is -2.08. The molecule has 0 bridgehead atoms. The highest BCUT2D eigenvalue weighted by molar-refractivity contribution is 5.77. The first kappa shape index (κ1) is 11.4. The topological polar surface area (TPSA) is 20.3 Å². The van der Waals surface area contributed by atoms with Gasteiger partial charge in [0, 0.05) is 25.3 Å². The van der Waals surface area contributed by atoms with E-state index in [1.165, 1.54) is 5.69 Å². The smallest absolute Gasteiger partial charge is 0.150 e. The van der Waals surface area contributed by atoms with Crippen molar-refractivity contribution in [2.75, 3.05) is 19.0 Å². The monoisotopic (exact) mass is 225 g/mol. The van der Waals surface area contributed by atoms with Crippen molar-refractivity contribution < 1.29 is 4.79 Å². The number of aldehydes is 1. The molecular weight excluding hydrogens is 210 g/mol. The fourth-order valence-electron chi connectivity index (χ4n) is 1.72. The summed E-state index contributed by atoms with van der Waals surface area (Å²) < 4.78 is 0. The molecule has 2 aromatic rings. The first-order valence-electron chi connectivity index (χ1n) is 5.54. The predicted molar refractivity (Wildman–Crippen MR) is 71.6 cm³/mol. The Morgan fingerprint density at radius 2 is 1.65 bits per heavy atom. The normalized spacial score (nSPS) is 10.0. The van der Waals surface area contributed by atoms with E-state index in [2.05, 4.69) is 23.1 Å². The molecule has 2 aromatic carbocycles. The van der Waals surface area contributed by atoms with E-state index in [9.17, 15) is 4.79 Å². The van der Waals surface area contributed by atoms with Crippen LogP contribution in [0, 0.1) is 0 Å². The van der Waals surface area contributed by atoms with E-state index >= 15 is 0 Å². The second kappa shape index (κ2) is 4.83. The van der Waals surface area contributed by atoms with Gasteiger partial charge in [0.1, 0.15) is 6.29 Å². The number of hydrogen-bond donors (Lipinski definition) is 0. The second-order valence-electron chi connectivity index (χ2n) is 4.18. The Labute approximate surface area is 102 Å². The van der Waals surface area contributed by atoms with Crippen molar-refractivity contribution in [1.29, 1.82) is 0 Å². The van der Waals surface area contributed by atoms with Crippen LogP contribution in [0.1, 0.15) is 10.4 Å². The van der Waals surface area contributed by atoms with Gasteiger partial charge in [0.2, 0.25) is 0 Å². The van der Waals surface area contributed by atoms with Crippen LogP contribution in [-0.4, -0.2) is 20.4 Å². The highest BCUT2D eigenvalue weighted by atomic mass is 16.1. The van der Waals surface area contributed by atoms with Crippen molar-refractivity contribution in [2.24, 2.45) is 0 Å². The predicted octanol–water partition coefficient (Wildman–Crippen LogP) is 3.23. The number of carbonyl (C=O) groups is 1. The third kappa shape index (κ3) is 2.53. The Morgan fingerprint density at radius 1 is 0.941 bits per heavy atom. The lowest BCUT2D eigenvalue weighted by Gasteiger charge is -2.13. The lowest BCUT2D eigenvalue weighted by atomic mass is 10.0. The van der Waals surface area contributed by atoms with Gasteiger partial charge < -0.3 is 4.90 Å².